The fraction of sp³-hybridized carbons (Fsp3) is 0.571. The van der Waals surface area contributed by atoms with Crippen LogP contribution in [0.3, 0.4) is 0 Å². The van der Waals surface area contributed by atoms with Crippen LogP contribution in [0.4, 0.5) is 0 Å². The topological polar surface area (TPSA) is 35.2 Å². The Morgan fingerprint density at radius 3 is 2.56 bits per heavy atom. The van der Waals surface area contributed by atoms with Gasteiger partial charge in [0, 0.05) is 6.04 Å². The van der Waals surface area contributed by atoms with Crippen LogP contribution in [0.15, 0.2) is 12.1 Å². The van der Waals surface area contributed by atoms with Crippen molar-refractivity contribution >= 4 is 0 Å². The first kappa shape index (κ1) is 11.5. The minimum Gasteiger partial charge on any atom is -0.496 e. The van der Waals surface area contributed by atoms with Gasteiger partial charge in [0.25, 0.3) is 0 Å². The van der Waals surface area contributed by atoms with Crippen LogP contribution in [0.1, 0.15) is 41.9 Å². The molecule has 0 aliphatic heterocycles. The molecule has 0 heterocycles. The predicted octanol–water partition coefficient (Wildman–Crippen LogP) is 2.91. The van der Waals surface area contributed by atoms with Crippen molar-refractivity contribution in [2.75, 3.05) is 7.11 Å². The van der Waals surface area contributed by atoms with Gasteiger partial charge < -0.3 is 10.5 Å². The number of aryl methyl sites for hydroxylation is 1. The van der Waals surface area contributed by atoms with Gasteiger partial charge in [0.15, 0.2) is 0 Å². The molecule has 2 rings (SSSR count). The first-order valence-electron chi connectivity index (χ1n) is 6.03. The van der Waals surface area contributed by atoms with Crippen LogP contribution < -0.4 is 10.5 Å². The van der Waals surface area contributed by atoms with Crippen LogP contribution in [0, 0.1) is 13.8 Å². The van der Waals surface area contributed by atoms with E-state index in [0.29, 0.717) is 12.0 Å². The third-order valence-corrected chi connectivity index (χ3v) is 3.82. The fourth-order valence-electron chi connectivity index (χ4n) is 2.70. The molecular weight excluding hydrogens is 198 g/mol. The van der Waals surface area contributed by atoms with E-state index >= 15 is 0 Å². The van der Waals surface area contributed by atoms with Crippen molar-refractivity contribution in [3.8, 4) is 5.75 Å². The van der Waals surface area contributed by atoms with Crippen molar-refractivity contribution in [2.45, 2.75) is 45.1 Å². The summed E-state index contributed by atoms with van der Waals surface area (Å²) in [6.45, 7) is 4.26. The van der Waals surface area contributed by atoms with Gasteiger partial charge in [-0.25, -0.2) is 0 Å². The smallest absolute Gasteiger partial charge is 0.125 e. The highest BCUT2D eigenvalue weighted by Gasteiger charge is 2.26. The lowest BCUT2D eigenvalue weighted by molar-refractivity contribution is 0.401. The van der Waals surface area contributed by atoms with Crippen molar-refractivity contribution in [1.29, 1.82) is 0 Å². The van der Waals surface area contributed by atoms with Crippen LogP contribution in [0.2, 0.25) is 0 Å². The zero-order valence-electron chi connectivity index (χ0n) is 10.4. The highest BCUT2D eigenvalue weighted by molar-refractivity contribution is 5.47. The average Bonchev–Trinajstić information content (AvgIpc) is 2.68. The molecule has 0 bridgehead atoms. The van der Waals surface area contributed by atoms with Gasteiger partial charge in [-0.05, 0) is 55.7 Å². The molecular formula is C14H21NO. The van der Waals surface area contributed by atoms with E-state index in [9.17, 15) is 0 Å². The summed E-state index contributed by atoms with van der Waals surface area (Å²) in [4.78, 5) is 0. The molecule has 0 amide bonds. The molecule has 1 aliphatic rings. The SMILES string of the molecule is COc1c(C2CCC(N)C2)ccc(C)c1C. The standard InChI is InChI=1S/C14H21NO/c1-9-4-7-13(14(16-3)10(9)2)11-5-6-12(15)8-11/h4,7,11-12H,5-6,8,15H2,1-3H3. The Kier molecular flexibility index (Phi) is 3.20. The molecule has 0 aromatic heterocycles. The molecule has 1 fully saturated rings. The Labute approximate surface area is 97.8 Å². The van der Waals surface area contributed by atoms with E-state index in [4.69, 9.17) is 10.5 Å². The number of hydrogen-bond donors (Lipinski definition) is 1. The van der Waals surface area contributed by atoms with E-state index in [1.54, 1.807) is 7.11 Å². The highest BCUT2D eigenvalue weighted by Crippen LogP contribution is 2.40. The second kappa shape index (κ2) is 4.46. The fourth-order valence-corrected chi connectivity index (χ4v) is 2.70. The normalized spacial score (nSPS) is 24.8. The van der Waals surface area contributed by atoms with E-state index in [2.05, 4.69) is 26.0 Å². The maximum Gasteiger partial charge on any atom is 0.125 e. The monoisotopic (exact) mass is 219 g/mol. The van der Waals surface area contributed by atoms with Gasteiger partial charge in [0.2, 0.25) is 0 Å². The van der Waals surface area contributed by atoms with Gasteiger partial charge in [-0.1, -0.05) is 12.1 Å². The summed E-state index contributed by atoms with van der Waals surface area (Å²) in [6, 6.07) is 4.78. The lowest BCUT2D eigenvalue weighted by Gasteiger charge is -2.18. The Morgan fingerprint density at radius 2 is 2.00 bits per heavy atom. The Balaban J connectivity index is 2.37. The van der Waals surface area contributed by atoms with Crippen molar-refractivity contribution in [3.63, 3.8) is 0 Å². The maximum absolute atomic E-state index is 5.98. The molecule has 2 unspecified atom stereocenters. The first-order chi connectivity index (χ1) is 7.63. The van der Waals surface area contributed by atoms with E-state index < -0.39 is 0 Å². The molecule has 2 nitrogen and oxygen atoms in total. The van der Waals surface area contributed by atoms with E-state index in [-0.39, 0.29) is 0 Å². The maximum atomic E-state index is 5.98. The summed E-state index contributed by atoms with van der Waals surface area (Å²) in [5, 5.41) is 0. The Morgan fingerprint density at radius 1 is 1.25 bits per heavy atom. The molecule has 16 heavy (non-hydrogen) atoms. The lowest BCUT2D eigenvalue weighted by Crippen LogP contribution is -2.14. The largest absolute Gasteiger partial charge is 0.496 e. The summed E-state index contributed by atoms with van der Waals surface area (Å²) in [5.41, 5.74) is 9.89. The van der Waals surface area contributed by atoms with Crippen LogP contribution >= 0.6 is 0 Å². The van der Waals surface area contributed by atoms with Crippen molar-refractivity contribution in [3.05, 3.63) is 28.8 Å². The van der Waals surface area contributed by atoms with Gasteiger partial charge >= 0.3 is 0 Å². The number of nitrogens with two attached hydrogens (primary N) is 1. The summed E-state index contributed by atoms with van der Waals surface area (Å²) in [6.07, 6.45) is 3.43. The number of rotatable bonds is 2. The zero-order chi connectivity index (χ0) is 11.7. The van der Waals surface area contributed by atoms with Gasteiger partial charge in [-0.15, -0.1) is 0 Å². The third kappa shape index (κ3) is 1.94. The number of hydrogen-bond acceptors (Lipinski definition) is 2. The molecule has 0 spiro atoms. The molecule has 0 saturated heterocycles. The molecule has 1 aromatic carbocycles. The van der Waals surface area contributed by atoms with Crippen LogP contribution in [-0.4, -0.2) is 13.2 Å². The summed E-state index contributed by atoms with van der Waals surface area (Å²) in [7, 11) is 1.76. The molecule has 2 N–H and O–H groups in total. The molecule has 88 valence electrons. The summed E-state index contributed by atoms with van der Waals surface area (Å²) in [5.74, 6) is 1.66. The minimum absolute atomic E-state index is 0.372. The van der Waals surface area contributed by atoms with Crippen LogP contribution in [0.5, 0.6) is 5.75 Å². The van der Waals surface area contributed by atoms with Crippen molar-refractivity contribution in [1.82, 2.24) is 0 Å². The van der Waals surface area contributed by atoms with Crippen molar-refractivity contribution < 1.29 is 4.74 Å². The molecule has 1 aliphatic carbocycles. The Hall–Kier alpha value is -1.02. The van der Waals surface area contributed by atoms with Gasteiger partial charge in [-0.3, -0.25) is 0 Å². The zero-order valence-corrected chi connectivity index (χ0v) is 10.4. The first-order valence-corrected chi connectivity index (χ1v) is 6.03. The Bertz CT molecular complexity index is 387. The predicted molar refractivity (Wildman–Crippen MR) is 67.0 cm³/mol. The summed E-state index contributed by atoms with van der Waals surface area (Å²) < 4.78 is 5.56. The van der Waals surface area contributed by atoms with Crippen LogP contribution in [-0.2, 0) is 0 Å². The highest BCUT2D eigenvalue weighted by atomic mass is 16.5. The lowest BCUT2D eigenvalue weighted by atomic mass is 9.93. The van der Waals surface area contributed by atoms with E-state index in [1.807, 2.05) is 0 Å². The average molecular weight is 219 g/mol. The van der Waals surface area contributed by atoms with Gasteiger partial charge in [0.1, 0.15) is 5.75 Å². The number of benzene rings is 1. The number of ether oxygens (including phenoxy) is 1. The third-order valence-electron chi connectivity index (χ3n) is 3.82. The van der Waals surface area contributed by atoms with E-state index in [1.165, 1.54) is 23.1 Å². The van der Waals surface area contributed by atoms with Crippen molar-refractivity contribution in [2.24, 2.45) is 5.73 Å². The van der Waals surface area contributed by atoms with E-state index in [0.717, 1.165) is 18.6 Å². The molecule has 1 aromatic rings. The second-order valence-corrected chi connectivity index (χ2v) is 4.90. The van der Waals surface area contributed by atoms with Gasteiger partial charge in [0.05, 0.1) is 7.11 Å². The molecule has 1 saturated carbocycles. The second-order valence-electron chi connectivity index (χ2n) is 4.90. The molecule has 2 atom stereocenters. The quantitative estimate of drug-likeness (QED) is 0.830. The van der Waals surface area contributed by atoms with Crippen LogP contribution in [0.25, 0.3) is 0 Å². The summed E-state index contributed by atoms with van der Waals surface area (Å²) >= 11 is 0. The number of methoxy groups -OCH3 is 1. The molecule has 0 radical (unpaired) electrons. The molecule has 2 heteroatoms. The minimum atomic E-state index is 0.372. The van der Waals surface area contributed by atoms with Gasteiger partial charge in [-0.2, -0.15) is 0 Å².